The zero-order chi connectivity index (χ0) is 9.97. The third kappa shape index (κ3) is 1.63. The van der Waals surface area contributed by atoms with Crippen LogP contribution < -0.4 is 0 Å². The van der Waals surface area contributed by atoms with E-state index in [9.17, 15) is 4.79 Å². The van der Waals surface area contributed by atoms with Crippen LogP contribution in [0.25, 0.3) is 0 Å². The van der Waals surface area contributed by atoms with Gasteiger partial charge in [0.1, 0.15) is 11.1 Å². The Morgan fingerprint density at radius 3 is 3.07 bits per heavy atom. The number of aldehydes is 1. The average molecular weight is 227 g/mol. The van der Waals surface area contributed by atoms with Crippen molar-refractivity contribution in [1.29, 1.82) is 0 Å². The minimum absolute atomic E-state index is 0.0504. The molecule has 0 amide bonds. The van der Waals surface area contributed by atoms with E-state index in [1.807, 2.05) is 12.1 Å². The van der Waals surface area contributed by atoms with Crippen LogP contribution in [0.15, 0.2) is 35.6 Å². The molecule has 0 aliphatic carbocycles. The maximum Gasteiger partial charge on any atom is 0.167 e. The standard InChI is InChI=1S/C9H7ClN2OS/c10-12-8(5-13)6-14-9(12)7-2-1-3-11-4-7/h1-6,9H. The van der Waals surface area contributed by atoms with E-state index in [4.69, 9.17) is 11.8 Å². The molecule has 0 fully saturated rings. The first kappa shape index (κ1) is 9.55. The smallest absolute Gasteiger partial charge is 0.167 e. The summed E-state index contributed by atoms with van der Waals surface area (Å²) in [4.78, 5) is 14.6. The summed E-state index contributed by atoms with van der Waals surface area (Å²) in [5.41, 5.74) is 1.48. The molecule has 1 aromatic heterocycles. The number of thioether (sulfide) groups is 1. The van der Waals surface area contributed by atoms with E-state index < -0.39 is 0 Å². The summed E-state index contributed by atoms with van der Waals surface area (Å²) in [5, 5.41) is 1.70. The highest BCUT2D eigenvalue weighted by Gasteiger charge is 2.26. The van der Waals surface area contributed by atoms with Crippen molar-refractivity contribution in [2.75, 3.05) is 0 Å². The summed E-state index contributed by atoms with van der Waals surface area (Å²) in [6, 6.07) is 3.78. The van der Waals surface area contributed by atoms with Gasteiger partial charge in [0.05, 0.1) is 0 Å². The maximum atomic E-state index is 10.6. The molecular weight excluding hydrogens is 220 g/mol. The summed E-state index contributed by atoms with van der Waals surface area (Å²) < 4.78 is 1.43. The van der Waals surface area contributed by atoms with Gasteiger partial charge >= 0.3 is 0 Å². The molecule has 72 valence electrons. The lowest BCUT2D eigenvalue weighted by atomic mass is 10.3. The lowest BCUT2D eigenvalue weighted by molar-refractivity contribution is -0.105. The first-order valence-electron chi connectivity index (χ1n) is 3.98. The van der Waals surface area contributed by atoms with Crippen LogP contribution in [0.2, 0.25) is 0 Å². The molecule has 0 spiro atoms. The Kier molecular flexibility index (Phi) is 2.74. The zero-order valence-corrected chi connectivity index (χ0v) is 8.70. The lowest BCUT2D eigenvalue weighted by Gasteiger charge is -2.18. The van der Waals surface area contributed by atoms with Crippen LogP contribution in [-0.4, -0.2) is 15.7 Å². The van der Waals surface area contributed by atoms with E-state index in [2.05, 4.69) is 4.98 Å². The molecule has 0 saturated carbocycles. The molecule has 0 N–H and O–H groups in total. The van der Waals surface area contributed by atoms with Crippen LogP contribution in [0, 0.1) is 0 Å². The number of nitrogens with zero attached hydrogens (tertiary/aromatic N) is 2. The Morgan fingerprint density at radius 1 is 1.64 bits per heavy atom. The first-order valence-corrected chi connectivity index (χ1v) is 5.27. The minimum Gasteiger partial charge on any atom is -0.296 e. The number of rotatable bonds is 2. The number of allylic oxidation sites excluding steroid dienone is 1. The van der Waals surface area contributed by atoms with Gasteiger partial charge in [-0.15, -0.1) is 11.8 Å². The van der Waals surface area contributed by atoms with Crippen molar-refractivity contribution >= 4 is 29.8 Å². The number of carbonyl (C=O) groups excluding carboxylic acids is 1. The Hall–Kier alpha value is -1.00. The highest BCUT2D eigenvalue weighted by molar-refractivity contribution is 8.02. The second-order valence-electron chi connectivity index (χ2n) is 2.75. The van der Waals surface area contributed by atoms with E-state index >= 15 is 0 Å². The monoisotopic (exact) mass is 226 g/mol. The number of hydrogen-bond acceptors (Lipinski definition) is 4. The Labute approximate surface area is 90.9 Å². The van der Waals surface area contributed by atoms with Crippen LogP contribution in [-0.2, 0) is 4.79 Å². The van der Waals surface area contributed by atoms with E-state index in [-0.39, 0.29) is 5.37 Å². The van der Waals surface area contributed by atoms with Crippen LogP contribution in [0.1, 0.15) is 10.9 Å². The normalized spacial score (nSPS) is 20.8. The van der Waals surface area contributed by atoms with Gasteiger partial charge in [-0.25, -0.2) is 0 Å². The van der Waals surface area contributed by atoms with Gasteiger partial charge in [0, 0.05) is 35.1 Å². The van der Waals surface area contributed by atoms with Crippen molar-refractivity contribution in [3.05, 3.63) is 41.2 Å². The van der Waals surface area contributed by atoms with Gasteiger partial charge in [0.25, 0.3) is 0 Å². The van der Waals surface area contributed by atoms with Crippen LogP contribution in [0.3, 0.4) is 0 Å². The molecule has 1 atom stereocenters. The zero-order valence-electron chi connectivity index (χ0n) is 7.13. The molecule has 0 aromatic carbocycles. The number of carbonyl (C=O) groups is 1. The van der Waals surface area contributed by atoms with Gasteiger partial charge in [0.15, 0.2) is 6.29 Å². The predicted octanol–water partition coefficient (Wildman–Crippen LogP) is 2.32. The summed E-state index contributed by atoms with van der Waals surface area (Å²) in [5.74, 6) is 0. The van der Waals surface area contributed by atoms with Gasteiger partial charge in [-0.05, 0) is 6.07 Å². The molecule has 5 heteroatoms. The van der Waals surface area contributed by atoms with Crippen molar-refractivity contribution in [2.45, 2.75) is 5.37 Å². The van der Waals surface area contributed by atoms with Gasteiger partial charge in [-0.2, -0.15) is 0 Å². The average Bonchev–Trinajstić information content (AvgIpc) is 2.61. The highest BCUT2D eigenvalue weighted by atomic mass is 35.5. The number of halogens is 1. The molecule has 0 radical (unpaired) electrons. The molecule has 0 bridgehead atoms. The van der Waals surface area contributed by atoms with Crippen LogP contribution >= 0.6 is 23.5 Å². The second kappa shape index (κ2) is 4.02. The minimum atomic E-state index is -0.0504. The van der Waals surface area contributed by atoms with Crippen molar-refractivity contribution in [2.24, 2.45) is 0 Å². The topological polar surface area (TPSA) is 33.2 Å². The van der Waals surface area contributed by atoms with Crippen molar-refractivity contribution in [3.8, 4) is 0 Å². The molecular formula is C9H7ClN2OS. The van der Waals surface area contributed by atoms with Crippen molar-refractivity contribution < 1.29 is 4.79 Å². The van der Waals surface area contributed by atoms with Gasteiger partial charge in [-0.3, -0.25) is 14.2 Å². The van der Waals surface area contributed by atoms with E-state index in [1.165, 1.54) is 16.2 Å². The third-order valence-electron chi connectivity index (χ3n) is 1.86. The van der Waals surface area contributed by atoms with Crippen LogP contribution in [0.4, 0.5) is 0 Å². The fourth-order valence-electron chi connectivity index (χ4n) is 1.18. The largest absolute Gasteiger partial charge is 0.296 e. The Balaban J connectivity index is 2.21. The van der Waals surface area contributed by atoms with Gasteiger partial charge in [-0.1, -0.05) is 6.07 Å². The van der Waals surface area contributed by atoms with Crippen molar-refractivity contribution in [1.82, 2.24) is 9.40 Å². The molecule has 1 aliphatic heterocycles. The first-order chi connectivity index (χ1) is 6.83. The molecule has 1 unspecified atom stereocenters. The van der Waals surface area contributed by atoms with Crippen molar-refractivity contribution in [3.63, 3.8) is 0 Å². The summed E-state index contributed by atoms with van der Waals surface area (Å²) in [6.45, 7) is 0. The molecule has 2 heterocycles. The van der Waals surface area contributed by atoms with E-state index in [0.717, 1.165) is 11.8 Å². The SMILES string of the molecule is O=CC1=CSC(c2cccnc2)N1Cl. The molecule has 0 saturated heterocycles. The molecule has 1 aliphatic rings. The molecule has 1 aromatic rings. The number of pyridine rings is 1. The fourth-order valence-corrected chi connectivity index (χ4v) is 2.54. The lowest BCUT2D eigenvalue weighted by Crippen LogP contribution is -2.12. The fraction of sp³-hybridized carbons (Fsp3) is 0.111. The summed E-state index contributed by atoms with van der Waals surface area (Å²) >= 11 is 7.46. The summed E-state index contributed by atoms with van der Waals surface area (Å²) in [6.07, 6.45) is 4.20. The van der Waals surface area contributed by atoms with E-state index in [0.29, 0.717) is 5.70 Å². The Morgan fingerprint density at radius 2 is 2.50 bits per heavy atom. The third-order valence-corrected chi connectivity index (χ3v) is 3.48. The molecule has 2 rings (SSSR count). The number of aromatic nitrogens is 1. The highest BCUT2D eigenvalue weighted by Crippen LogP contribution is 2.42. The van der Waals surface area contributed by atoms with Gasteiger partial charge < -0.3 is 0 Å². The Bertz CT molecular complexity index is 368. The molecule has 14 heavy (non-hydrogen) atoms. The second-order valence-corrected chi connectivity index (χ2v) is 4.07. The van der Waals surface area contributed by atoms with E-state index in [1.54, 1.807) is 17.8 Å². The quantitative estimate of drug-likeness (QED) is 0.573. The maximum absolute atomic E-state index is 10.6. The predicted molar refractivity (Wildman–Crippen MR) is 56.4 cm³/mol. The summed E-state index contributed by atoms with van der Waals surface area (Å²) in [7, 11) is 0. The molecule has 3 nitrogen and oxygen atoms in total. The van der Waals surface area contributed by atoms with Crippen LogP contribution in [0.5, 0.6) is 0 Å². The number of hydrogen-bond donors (Lipinski definition) is 0. The van der Waals surface area contributed by atoms with Gasteiger partial charge in [0.2, 0.25) is 0 Å².